The van der Waals surface area contributed by atoms with Gasteiger partial charge in [-0.2, -0.15) is 0 Å². The Kier molecular flexibility index (Phi) is 4.12. The number of hydrogen-bond acceptors (Lipinski definition) is 5. The summed E-state index contributed by atoms with van der Waals surface area (Å²) in [7, 11) is 1.86. The number of amides is 1. The van der Waals surface area contributed by atoms with Gasteiger partial charge in [0.1, 0.15) is 0 Å². The number of fused-ring (bicyclic) bond motifs is 1. The van der Waals surface area contributed by atoms with Crippen molar-refractivity contribution in [1.29, 1.82) is 0 Å². The molecule has 1 aliphatic rings. The fraction of sp³-hybridized carbons (Fsp3) is 0.571. The smallest absolute Gasteiger partial charge is 0.241 e. The number of rotatable bonds is 5. The quantitative estimate of drug-likeness (QED) is 0.843. The third kappa shape index (κ3) is 2.75. The second-order valence-corrected chi connectivity index (χ2v) is 6.22. The minimum atomic E-state index is 0.157. The van der Waals surface area contributed by atoms with Crippen LogP contribution in [0.2, 0.25) is 0 Å². The van der Waals surface area contributed by atoms with Crippen molar-refractivity contribution in [2.75, 3.05) is 38.1 Å². The average Bonchev–Trinajstić information content (AvgIpc) is 3.04. The molecule has 2 aromatic rings. The Morgan fingerprint density at radius 2 is 2.29 bits per heavy atom. The summed E-state index contributed by atoms with van der Waals surface area (Å²) in [6.45, 7) is 5.94. The van der Waals surface area contributed by atoms with Crippen LogP contribution in [0.1, 0.15) is 19.0 Å². The summed E-state index contributed by atoms with van der Waals surface area (Å²) in [5.74, 6) is 1.11. The van der Waals surface area contributed by atoms with Crippen molar-refractivity contribution < 1.29 is 4.79 Å². The van der Waals surface area contributed by atoms with Crippen LogP contribution in [-0.2, 0) is 11.3 Å². The molecular weight excluding hydrogens is 286 g/mol. The van der Waals surface area contributed by atoms with Crippen molar-refractivity contribution in [3.8, 4) is 0 Å². The topological polar surface area (TPSA) is 52.9 Å². The third-order valence-corrected chi connectivity index (χ3v) is 4.57. The van der Waals surface area contributed by atoms with Crippen LogP contribution in [0.25, 0.3) is 4.96 Å². The number of nitrogens with zero attached hydrogens (tertiary/aromatic N) is 4. The highest BCUT2D eigenvalue weighted by Gasteiger charge is 2.26. The van der Waals surface area contributed by atoms with Crippen LogP contribution in [0.5, 0.6) is 0 Å². The van der Waals surface area contributed by atoms with Gasteiger partial charge in [-0.05, 0) is 13.0 Å². The van der Waals surface area contributed by atoms with Crippen LogP contribution >= 0.6 is 11.3 Å². The van der Waals surface area contributed by atoms with Crippen LogP contribution in [0.15, 0.2) is 11.6 Å². The van der Waals surface area contributed by atoms with Gasteiger partial charge in [0.25, 0.3) is 0 Å². The molecule has 0 spiro atoms. The van der Waals surface area contributed by atoms with Gasteiger partial charge in [-0.25, -0.2) is 4.98 Å². The highest BCUT2D eigenvalue weighted by atomic mass is 32.1. The lowest BCUT2D eigenvalue weighted by molar-refractivity contribution is -0.129. The predicted octanol–water partition coefficient (Wildman–Crippen LogP) is 1.17. The van der Waals surface area contributed by atoms with Crippen molar-refractivity contribution in [2.24, 2.45) is 0 Å². The van der Waals surface area contributed by atoms with Gasteiger partial charge in [-0.3, -0.25) is 9.20 Å². The van der Waals surface area contributed by atoms with Gasteiger partial charge >= 0.3 is 0 Å². The van der Waals surface area contributed by atoms with E-state index >= 15 is 0 Å². The monoisotopic (exact) mass is 307 g/mol. The zero-order valence-corrected chi connectivity index (χ0v) is 13.3. The first-order valence-corrected chi connectivity index (χ1v) is 8.22. The minimum Gasteiger partial charge on any atom is -0.344 e. The Morgan fingerprint density at radius 1 is 1.43 bits per heavy atom. The second-order valence-electron chi connectivity index (χ2n) is 5.35. The first kappa shape index (κ1) is 14.3. The van der Waals surface area contributed by atoms with Gasteiger partial charge in [0.2, 0.25) is 5.91 Å². The second kappa shape index (κ2) is 6.03. The standard InChI is InChI=1S/C14H21N5OS/c1-3-4-15-9-11-13(16-14-19(11)7-8-21-14)18-6-5-17(2)12(20)10-18/h7-8,15H,3-6,9-10H2,1-2H3. The zero-order valence-electron chi connectivity index (χ0n) is 12.5. The Hall–Kier alpha value is -1.60. The van der Waals surface area contributed by atoms with E-state index in [1.165, 1.54) is 0 Å². The van der Waals surface area contributed by atoms with E-state index in [0.29, 0.717) is 6.54 Å². The van der Waals surface area contributed by atoms with E-state index in [2.05, 4.69) is 27.7 Å². The normalized spacial score (nSPS) is 16.2. The summed E-state index contributed by atoms with van der Waals surface area (Å²) >= 11 is 1.63. The van der Waals surface area contributed by atoms with E-state index in [-0.39, 0.29) is 5.91 Å². The van der Waals surface area contributed by atoms with Gasteiger partial charge in [0, 0.05) is 38.3 Å². The lowest BCUT2D eigenvalue weighted by atomic mass is 10.3. The number of nitrogens with one attached hydrogen (secondary N) is 1. The van der Waals surface area contributed by atoms with Crippen molar-refractivity contribution in [2.45, 2.75) is 19.9 Å². The molecule has 7 heteroatoms. The Bertz CT molecular complexity index is 634. The number of imidazole rings is 1. The molecule has 3 heterocycles. The molecule has 0 unspecified atom stereocenters. The number of carbonyl (C=O) groups is 1. The van der Waals surface area contributed by atoms with Gasteiger partial charge in [0.05, 0.1) is 12.2 Å². The first-order chi connectivity index (χ1) is 10.2. The van der Waals surface area contributed by atoms with Crippen molar-refractivity contribution in [3.63, 3.8) is 0 Å². The fourth-order valence-corrected chi connectivity index (χ4v) is 3.29. The van der Waals surface area contributed by atoms with Crippen LogP contribution in [0.4, 0.5) is 5.82 Å². The molecule has 0 bridgehead atoms. The Morgan fingerprint density at radius 3 is 3.05 bits per heavy atom. The SMILES string of the molecule is CCCNCc1c(N2CCN(C)C(=O)C2)nc2sccn12. The molecule has 1 aliphatic heterocycles. The maximum Gasteiger partial charge on any atom is 0.241 e. The molecule has 21 heavy (non-hydrogen) atoms. The predicted molar refractivity (Wildman–Crippen MR) is 84.9 cm³/mol. The molecule has 1 amide bonds. The van der Waals surface area contributed by atoms with Crippen LogP contribution in [0.3, 0.4) is 0 Å². The number of anilines is 1. The molecule has 0 atom stereocenters. The summed E-state index contributed by atoms with van der Waals surface area (Å²) in [6, 6.07) is 0. The molecule has 6 nitrogen and oxygen atoms in total. The van der Waals surface area contributed by atoms with Crippen molar-refractivity contribution >= 4 is 28.0 Å². The van der Waals surface area contributed by atoms with Crippen molar-refractivity contribution in [1.82, 2.24) is 19.6 Å². The molecule has 0 radical (unpaired) electrons. The number of aromatic nitrogens is 2. The Labute approximate surface area is 128 Å². The number of carbonyl (C=O) groups excluding carboxylic acids is 1. The molecule has 2 aromatic heterocycles. The summed E-state index contributed by atoms with van der Waals surface area (Å²) in [4.78, 5) is 21.5. The minimum absolute atomic E-state index is 0.157. The molecule has 1 N–H and O–H groups in total. The number of thiazole rings is 1. The van der Waals surface area contributed by atoms with Gasteiger partial charge < -0.3 is 15.1 Å². The maximum absolute atomic E-state index is 11.9. The van der Waals surface area contributed by atoms with Gasteiger partial charge in [-0.15, -0.1) is 11.3 Å². The summed E-state index contributed by atoms with van der Waals surface area (Å²) in [6.07, 6.45) is 3.16. The lowest BCUT2D eigenvalue weighted by Gasteiger charge is -2.32. The van der Waals surface area contributed by atoms with E-state index in [0.717, 1.165) is 49.1 Å². The molecule has 3 rings (SSSR count). The Balaban J connectivity index is 1.88. The molecular formula is C14H21N5OS. The first-order valence-electron chi connectivity index (χ1n) is 7.34. The van der Waals surface area contributed by atoms with E-state index in [9.17, 15) is 4.79 Å². The number of piperazine rings is 1. The highest BCUT2D eigenvalue weighted by Crippen LogP contribution is 2.25. The van der Waals surface area contributed by atoms with Gasteiger partial charge in [0.15, 0.2) is 10.8 Å². The van der Waals surface area contributed by atoms with E-state index in [4.69, 9.17) is 4.98 Å². The maximum atomic E-state index is 11.9. The van der Waals surface area contributed by atoms with E-state index in [1.807, 2.05) is 12.4 Å². The average molecular weight is 307 g/mol. The van der Waals surface area contributed by atoms with Crippen molar-refractivity contribution in [3.05, 3.63) is 17.3 Å². The highest BCUT2D eigenvalue weighted by molar-refractivity contribution is 7.15. The molecule has 0 aliphatic carbocycles. The molecule has 0 aromatic carbocycles. The summed E-state index contributed by atoms with van der Waals surface area (Å²) in [5.41, 5.74) is 1.15. The molecule has 0 saturated carbocycles. The lowest BCUT2D eigenvalue weighted by Crippen LogP contribution is -2.49. The van der Waals surface area contributed by atoms with Gasteiger partial charge in [-0.1, -0.05) is 6.92 Å². The summed E-state index contributed by atoms with van der Waals surface area (Å²) < 4.78 is 2.13. The molecule has 1 fully saturated rings. The van der Waals surface area contributed by atoms with E-state index < -0.39 is 0 Å². The number of likely N-dealkylation sites (N-methyl/N-ethyl adjacent to an activating group) is 1. The van der Waals surface area contributed by atoms with E-state index in [1.54, 1.807) is 16.2 Å². The third-order valence-electron chi connectivity index (χ3n) is 3.82. The zero-order chi connectivity index (χ0) is 14.8. The summed E-state index contributed by atoms with van der Waals surface area (Å²) in [5, 5.41) is 5.49. The van der Waals surface area contributed by atoms with Crippen LogP contribution < -0.4 is 10.2 Å². The number of hydrogen-bond donors (Lipinski definition) is 1. The fourth-order valence-electron chi connectivity index (χ4n) is 2.56. The largest absolute Gasteiger partial charge is 0.344 e. The van der Waals surface area contributed by atoms with Crippen LogP contribution in [-0.4, -0.2) is 53.4 Å². The molecule has 1 saturated heterocycles. The molecule has 114 valence electrons. The van der Waals surface area contributed by atoms with Crippen LogP contribution in [0, 0.1) is 0 Å².